The van der Waals surface area contributed by atoms with Crippen LogP contribution >= 0.6 is 0 Å². The molecular weight excluding hydrogens is 335 g/mol. The smallest absolute Gasteiger partial charge is 0.318 e. The van der Waals surface area contributed by atoms with Crippen molar-refractivity contribution < 1.29 is 18.7 Å². The fourth-order valence-corrected chi connectivity index (χ4v) is 2.71. The molecule has 0 aromatic heterocycles. The van der Waals surface area contributed by atoms with Crippen LogP contribution < -0.4 is 14.8 Å². The number of carbonyl (C=O) groups is 1. The molecule has 0 saturated heterocycles. The van der Waals surface area contributed by atoms with Crippen LogP contribution in [0.25, 0.3) is 0 Å². The van der Waals surface area contributed by atoms with E-state index < -0.39 is 0 Å². The number of nitrogens with zero attached hydrogens (tertiary/aromatic N) is 1. The van der Waals surface area contributed by atoms with Crippen molar-refractivity contribution in [2.45, 2.75) is 26.4 Å². The van der Waals surface area contributed by atoms with E-state index in [9.17, 15) is 9.18 Å². The lowest BCUT2D eigenvalue weighted by Gasteiger charge is -2.25. The average molecular weight is 360 g/mol. The van der Waals surface area contributed by atoms with Crippen molar-refractivity contribution >= 4 is 6.03 Å². The molecule has 0 aliphatic rings. The van der Waals surface area contributed by atoms with E-state index in [-0.39, 0.29) is 17.9 Å². The fraction of sp³-hybridized carbons (Fsp3) is 0.350. The summed E-state index contributed by atoms with van der Waals surface area (Å²) >= 11 is 0. The van der Waals surface area contributed by atoms with E-state index in [1.807, 2.05) is 19.9 Å². The molecule has 26 heavy (non-hydrogen) atoms. The molecule has 5 nitrogen and oxygen atoms in total. The highest BCUT2D eigenvalue weighted by Gasteiger charge is 2.19. The van der Waals surface area contributed by atoms with Crippen LogP contribution in [0.4, 0.5) is 9.18 Å². The Hall–Kier alpha value is -2.76. The normalized spacial score (nSPS) is 11.6. The molecule has 0 radical (unpaired) electrons. The highest BCUT2D eigenvalue weighted by Crippen LogP contribution is 2.29. The molecule has 2 aromatic rings. The summed E-state index contributed by atoms with van der Waals surface area (Å²) in [6.07, 6.45) is 0. The third-order valence-corrected chi connectivity index (χ3v) is 4.17. The summed E-state index contributed by atoms with van der Waals surface area (Å²) in [5.41, 5.74) is 1.57. The zero-order chi connectivity index (χ0) is 19.1. The van der Waals surface area contributed by atoms with E-state index >= 15 is 0 Å². The minimum Gasteiger partial charge on any atom is -0.497 e. The predicted molar refractivity (Wildman–Crippen MR) is 99.0 cm³/mol. The van der Waals surface area contributed by atoms with Crippen LogP contribution in [0.5, 0.6) is 11.5 Å². The van der Waals surface area contributed by atoms with Gasteiger partial charge >= 0.3 is 6.03 Å². The number of carbonyl (C=O) groups excluding carboxylic acids is 1. The van der Waals surface area contributed by atoms with Gasteiger partial charge in [0.05, 0.1) is 20.3 Å². The van der Waals surface area contributed by atoms with Gasteiger partial charge in [0.15, 0.2) is 0 Å². The Morgan fingerprint density at radius 2 is 1.96 bits per heavy atom. The van der Waals surface area contributed by atoms with Gasteiger partial charge in [-0.15, -0.1) is 0 Å². The van der Waals surface area contributed by atoms with Crippen LogP contribution in [-0.4, -0.2) is 31.7 Å². The molecule has 1 unspecified atom stereocenters. The molecule has 0 spiro atoms. The van der Waals surface area contributed by atoms with Gasteiger partial charge in [0, 0.05) is 18.7 Å². The first-order valence-electron chi connectivity index (χ1n) is 8.50. The van der Waals surface area contributed by atoms with Crippen molar-refractivity contribution in [3.05, 3.63) is 59.4 Å². The maximum atomic E-state index is 13.4. The number of methoxy groups -OCH3 is 2. The first-order chi connectivity index (χ1) is 12.5. The zero-order valence-electron chi connectivity index (χ0n) is 15.6. The monoisotopic (exact) mass is 360 g/mol. The molecule has 0 aliphatic heterocycles. The number of hydrogen-bond donors (Lipinski definition) is 1. The molecule has 0 fully saturated rings. The largest absolute Gasteiger partial charge is 0.497 e. The van der Waals surface area contributed by atoms with Crippen molar-refractivity contribution in [3.63, 3.8) is 0 Å². The number of urea groups is 1. The first-order valence-corrected chi connectivity index (χ1v) is 8.50. The minimum absolute atomic E-state index is 0.228. The van der Waals surface area contributed by atoms with Crippen LogP contribution in [0, 0.1) is 5.82 Å². The maximum Gasteiger partial charge on any atom is 0.318 e. The van der Waals surface area contributed by atoms with Gasteiger partial charge < -0.3 is 19.7 Å². The summed E-state index contributed by atoms with van der Waals surface area (Å²) in [6, 6.07) is 11.2. The summed E-state index contributed by atoms with van der Waals surface area (Å²) in [4.78, 5) is 14.3. The highest BCUT2D eigenvalue weighted by atomic mass is 19.1. The van der Waals surface area contributed by atoms with E-state index in [0.29, 0.717) is 24.6 Å². The maximum absolute atomic E-state index is 13.4. The van der Waals surface area contributed by atoms with Crippen LogP contribution in [-0.2, 0) is 6.54 Å². The second-order valence-electron chi connectivity index (χ2n) is 5.92. The Labute approximate surface area is 153 Å². The molecule has 0 aliphatic carbocycles. The Bertz CT molecular complexity index is 752. The molecule has 2 amide bonds. The predicted octanol–water partition coefficient (Wildman–Crippen LogP) is 4.14. The lowest BCUT2D eigenvalue weighted by Crippen LogP contribution is -2.40. The first kappa shape index (κ1) is 19.6. The molecule has 6 heteroatoms. The number of amides is 2. The number of hydrogen-bond acceptors (Lipinski definition) is 3. The summed E-state index contributed by atoms with van der Waals surface area (Å²) in [5, 5.41) is 2.97. The Kier molecular flexibility index (Phi) is 6.83. The Morgan fingerprint density at radius 1 is 1.19 bits per heavy atom. The second-order valence-corrected chi connectivity index (χ2v) is 5.92. The van der Waals surface area contributed by atoms with Gasteiger partial charge in [0.25, 0.3) is 0 Å². The number of rotatable bonds is 7. The van der Waals surface area contributed by atoms with Crippen LogP contribution in [0.15, 0.2) is 42.5 Å². The molecule has 140 valence electrons. The quantitative estimate of drug-likeness (QED) is 0.807. The van der Waals surface area contributed by atoms with Gasteiger partial charge in [-0.2, -0.15) is 0 Å². The molecular formula is C20H25FN2O3. The van der Waals surface area contributed by atoms with Gasteiger partial charge in [0.2, 0.25) is 0 Å². The highest BCUT2D eigenvalue weighted by molar-refractivity contribution is 5.75. The summed E-state index contributed by atoms with van der Waals surface area (Å²) < 4.78 is 24.0. The Balaban J connectivity index is 2.11. The van der Waals surface area contributed by atoms with Crippen molar-refractivity contribution in [2.24, 2.45) is 0 Å². The standard InChI is InChI=1S/C20H25FN2O3/c1-5-23(13-15-7-6-8-16(21)11-15)20(24)22-14(2)18-12-17(25-3)9-10-19(18)26-4/h6-12,14H,5,13H2,1-4H3,(H,22,24). The van der Waals surface area contributed by atoms with Gasteiger partial charge in [-0.3, -0.25) is 0 Å². The average Bonchev–Trinajstić information content (AvgIpc) is 2.65. The van der Waals surface area contributed by atoms with E-state index in [2.05, 4.69) is 5.32 Å². The third-order valence-electron chi connectivity index (χ3n) is 4.17. The third kappa shape index (κ3) is 4.88. The van der Waals surface area contributed by atoms with Crippen LogP contribution in [0.3, 0.4) is 0 Å². The summed E-state index contributed by atoms with van der Waals surface area (Å²) in [6.45, 7) is 4.60. The molecule has 1 atom stereocenters. The molecule has 0 saturated carbocycles. The van der Waals surface area contributed by atoms with Crippen molar-refractivity contribution in [1.82, 2.24) is 10.2 Å². The topological polar surface area (TPSA) is 50.8 Å². The molecule has 1 N–H and O–H groups in total. The van der Waals surface area contributed by atoms with Crippen LogP contribution in [0.1, 0.15) is 31.0 Å². The zero-order valence-corrected chi connectivity index (χ0v) is 15.6. The van der Waals surface area contributed by atoms with E-state index in [0.717, 1.165) is 11.1 Å². The SMILES string of the molecule is CCN(Cc1cccc(F)c1)C(=O)NC(C)c1cc(OC)ccc1OC. The minimum atomic E-state index is -0.312. The van der Waals surface area contributed by atoms with Gasteiger partial charge in [0.1, 0.15) is 17.3 Å². The summed E-state index contributed by atoms with van der Waals surface area (Å²) in [5.74, 6) is 1.05. The Morgan fingerprint density at radius 3 is 2.58 bits per heavy atom. The number of halogens is 1. The molecule has 0 heterocycles. The van der Waals surface area contributed by atoms with E-state index in [1.165, 1.54) is 12.1 Å². The summed E-state index contributed by atoms with van der Waals surface area (Å²) in [7, 11) is 3.18. The van der Waals surface area contributed by atoms with Gasteiger partial charge in [-0.05, 0) is 49.7 Å². The number of ether oxygens (including phenoxy) is 2. The second kappa shape index (κ2) is 9.08. The molecule has 2 rings (SSSR count). The number of nitrogens with one attached hydrogen (secondary N) is 1. The van der Waals surface area contributed by atoms with Crippen LogP contribution in [0.2, 0.25) is 0 Å². The van der Waals surface area contributed by atoms with Gasteiger partial charge in [-0.1, -0.05) is 12.1 Å². The number of benzene rings is 2. The van der Waals surface area contributed by atoms with Gasteiger partial charge in [-0.25, -0.2) is 9.18 Å². The lowest BCUT2D eigenvalue weighted by atomic mass is 10.1. The van der Waals surface area contributed by atoms with Crippen molar-refractivity contribution in [3.8, 4) is 11.5 Å². The molecule has 2 aromatic carbocycles. The fourth-order valence-electron chi connectivity index (χ4n) is 2.71. The lowest BCUT2D eigenvalue weighted by molar-refractivity contribution is 0.194. The van der Waals surface area contributed by atoms with E-state index in [1.54, 1.807) is 43.4 Å². The van der Waals surface area contributed by atoms with Crippen molar-refractivity contribution in [2.75, 3.05) is 20.8 Å². The molecule has 0 bridgehead atoms. The van der Waals surface area contributed by atoms with Crippen molar-refractivity contribution in [1.29, 1.82) is 0 Å². The van der Waals surface area contributed by atoms with E-state index in [4.69, 9.17) is 9.47 Å².